The maximum absolute atomic E-state index is 9.89. The number of benzene rings is 1. The van der Waals surface area contributed by atoms with Gasteiger partial charge in [-0.15, -0.1) is 0 Å². The van der Waals surface area contributed by atoms with Gasteiger partial charge in [-0.1, -0.05) is 18.2 Å². The van der Waals surface area contributed by atoms with Gasteiger partial charge in [-0.25, -0.2) is 0 Å². The second kappa shape index (κ2) is 7.07. The normalized spacial score (nSPS) is 18.6. The number of hydrogen-bond donors (Lipinski definition) is 1. The summed E-state index contributed by atoms with van der Waals surface area (Å²) in [6, 6.07) is 8.20. The smallest absolute Gasteiger partial charge is 0.0781 e. The fourth-order valence-corrected chi connectivity index (χ4v) is 2.68. The van der Waals surface area contributed by atoms with Gasteiger partial charge in [0.2, 0.25) is 0 Å². The van der Waals surface area contributed by atoms with Crippen LogP contribution in [0.5, 0.6) is 0 Å². The van der Waals surface area contributed by atoms with Crippen LogP contribution in [0.3, 0.4) is 0 Å². The van der Waals surface area contributed by atoms with E-state index in [9.17, 15) is 5.11 Å². The van der Waals surface area contributed by atoms with Crippen LogP contribution in [0.2, 0.25) is 0 Å². The van der Waals surface area contributed by atoms with E-state index in [1.54, 1.807) is 0 Å². The van der Waals surface area contributed by atoms with Crippen LogP contribution in [0, 0.1) is 0 Å². The maximum Gasteiger partial charge on any atom is 0.0781 e. The number of rotatable bonds is 5. The average Bonchev–Trinajstić information content (AvgIpc) is 2.45. The summed E-state index contributed by atoms with van der Waals surface area (Å²) in [7, 11) is 4.24. The minimum atomic E-state index is -0.405. The van der Waals surface area contributed by atoms with Gasteiger partial charge in [0.1, 0.15) is 0 Å². The number of aliphatic hydroxyl groups is 1. The van der Waals surface area contributed by atoms with Gasteiger partial charge < -0.3 is 14.9 Å². The van der Waals surface area contributed by atoms with E-state index in [-0.39, 0.29) is 0 Å². The van der Waals surface area contributed by atoms with E-state index in [2.05, 4.69) is 40.9 Å². The summed E-state index contributed by atoms with van der Waals surface area (Å²) in [6.45, 7) is 8.37. The first-order chi connectivity index (χ1) is 9.58. The topological polar surface area (TPSA) is 30.0 Å². The molecule has 1 aromatic carbocycles. The predicted molar refractivity (Wildman–Crippen MR) is 84.3 cm³/mol. The molecule has 0 radical (unpaired) electrons. The van der Waals surface area contributed by atoms with Gasteiger partial charge in [0.25, 0.3) is 0 Å². The highest BCUT2D eigenvalue weighted by molar-refractivity contribution is 5.54. The Hall–Kier alpha value is -1.10. The fourth-order valence-electron chi connectivity index (χ4n) is 2.68. The Kier molecular flexibility index (Phi) is 5.40. The van der Waals surface area contributed by atoms with E-state index >= 15 is 0 Å². The van der Waals surface area contributed by atoms with Crippen LogP contribution in [-0.4, -0.2) is 68.3 Å². The van der Waals surface area contributed by atoms with Gasteiger partial charge in [0.15, 0.2) is 0 Å². The van der Waals surface area contributed by atoms with Crippen molar-refractivity contribution in [1.29, 1.82) is 0 Å². The Labute approximate surface area is 122 Å². The molecule has 1 N–H and O–H groups in total. The standard InChI is InChI=1S/C16H27N3O/c1-14(20)15-6-4-5-7-16(15)19-12-10-18(11-13-19)9-8-17(2)3/h4-7,14,20H,8-13H2,1-3H3/t14-/m1/s1. The first kappa shape index (κ1) is 15.3. The number of anilines is 1. The molecule has 0 aliphatic carbocycles. The molecular weight excluding hydrogens is 250 g/mol. The van der Waals surface area contributed by atoms with E-state index < -0.39 is 6.10 Å². The van der Waals surface area contributed by atoms with Crippen molar-refractivity contribution >= 4 is 5.69 Å². The van der Waals surface area contributed by atoms with Crippen molar-refractivity contribution in [2.75, 3.05) is 58.3 Å². The van der Waals surface area contributed by atoms with Crippen LogP contribution < -0.4 is 4.90 Å². The molecule has 0 bridgehead atoms. The van der Waals surface area contributed by atoms with Crippen LogP contribution in [0.25, 0.3) is 0 Å². The molecule has 0 spiro atoms. The van der Waals surface area contributed by atoms with E-state index in [1.807, 2.05) is 19.1 Å². The average molecular weight is 277 g/mol. The lowest BCUT2D eigenvalue weighted by molar-refractivity contribution is 0.198. The molecule has 2 rings (SSSR count). The highest BCUT2D eigenvalue weighted by atomic mass is 16.3. The van der Waals surface area contributed by atoms with Crippen molar-refractivity contribution in [2.24, 2.45) is 0 Å². The second-order valence-electron chi connectivity index (χ2n) is 5.87. The largest absolute Gasteiger partial charge is 0.389 e. The summed E-state index contributed by atoms with van der Waals surface area (Å²) in [6.07, 6.45) is -0.405. The molecule has 112 valence electrons. The quantitative estimate of drug-likeness (QED) is 0.882. The Morgan fingerprint density at radius 2 is 1.80 bits per heavy atom. The van der Waals surface area contributed by atoms with Gasteiger partial charge in [-0.2, -0.15) is 0 Å². The lowest BCUT2D eigenvalue weighted by Crippen LogP contribution is -2.48. The van der Waals surface area contributed by atoms with Crippen molar-refractivity contribution in [3.8, 4) is 0 Å². The molecule has 1 fully saturated rings. The SMILES string of the molecule is C[C@@H](O)c1ccccc1N1CCN(CCN(C)C)CC1. The van der Waals surface area contributed by atoms with E-state index in [0.29, 0.717) is 0 Å². The number of piperazine rings is 1. The molecule has 1 aliphatic rings. The molecule has 20 heavy (non-hydrogen) atoms. The molecular formula is C16H27N3O. The summed E-state index contributed by atoms with van der Waals surface area (Å²) in [5.74, 6) is 0. The van der Waals surface area contributed by atoms with Crippen LogP contribution in [0.1, 0.15) is 18.6 Å². The Morgan fingerprint density at radius 3 is 2.40 bits per heavy atom. The van der Waals surface area contributed by atoms with Crippen molar-refractivity contribution in [3.05, 3.63) is 29.8 Å². The minimum Gasteiger partial charge on any atom is -0.389 e. The molecule has 0 amide bonds. The van der Waals surface area contributed by atoms with E-state index in [1.165, 1.54) is 5.69 Å². The molecule has 1 atom stereocenters. The monoisotopic (exact) mass is 277 g/mol. The number of aliphatic hydroxyl groups excluding tert-OH is 1. The summed E-state index contributed by atoms with van der Waals surface area (Å²) < 4.78 is 0. The molecule has 0 aromatic heterocycles. The molecule has 4 nitrogen and oxygen atoms in total. The van der Waals surface area contributed by atoms with Crippen molar-refractivity contribution < 1.29 is 5.11 Å². The molecule has 0 saturated carbocycles. The van der Waals surface area contributed by atoms with Crippen LogP contribution in [0.15, 0.2) is 24.3 Å². The highest BCUT2D eigenvalue weighted by Gasteiger charge is 2.19. The third kappa shape index (κ3) is 3.95. The van der Waals surface area contributed by atoms with Gasteiger partial charge in [-0.3, -0.25) is 4.90 Å². The number of para-hydroxylation sites is 1. The summed E-state index contributed by atoms with van der Waals surface area (Å²) in [5, 5.41) is 9.89. The number of nitrogens with zero attached hydrogens (tertiary/aromatic N) is 3. The van der Waals surface area contributed by atoms with Gasteiger partial charge >= 0.3 is 0 Å². The van der Waals surface area contributed by atoms with E-state index in [0.717, 1.165) is 44.8 Å². The van der Waals surface area contributed by atoms with Crippen LogP contribution >= 0.6 is 0 Å². The molecule has 4 heteroatoms. The van der Waals surface area contributed by atoms with Gasteiger partial charge in [0, 0.05) is 50.5 Å². The third-order valence-corrected chi connectivity index (χ3v) is 3.96. The zero-order chi connectivity index (χ0) is 14.5. The zero-order valence-electron chi connectivity index (χ0n) is 12.9. The van der Waals surface area contributed by atoms with Crippen molar-refractivity contribution in [1.82, 2.24) is 9.80 Å². The van der Waals surface area contributed by atoms with E-state index in [4.69, 9.17) is 0 Å². The second-order valence-corrected chi connectivity index (χ2v) is 5.87. The highest BCUT2D eigenvalue weighted by Crippen LogP contribution is 2.26. The summed E-state index contributed by atoms with van der Waals surface area (Å²) in [4.78, 5) is 7.14. The molecule has 0 unspecified atom stereocenters. The summed E-state index contributed by atoms with van der Waals surface area (Å²) in [5.41, 5.74) is 2.23. The maximum atomic E-state index is 9.89. The number of hydrogen-bond acceptors (Lipinski definition) is 4. The Morgan fingerprint density at radius 1 is 1.15 bits per heavy atom. The Bertz CT molecular complexity index is 412. The third-order valence-electron chi connectivity index (χ3n) is 3.96. The number of likely N-dealkylation sites (N-methyl/N-ethyl adjacent to an activating group) is 1. The van der Waals surface area contributed by atoms with Crippen molar-refractivity contribution in [3.63, 3.8) is 0 Å². The molecule has 1 aromatic rings. The van der Waals surface area contributed by atoms with Crippen LogP contribution in [0.4, 0.5) is 5.69 Å². The molecule has 1 aliphatic heterocycles. The molecule has 1 saturated heterocycles. The van der Waals surface area contributed by atoms with Gasteiger partial charge in [-0.05, 0) is 27.1 Å². The Balaban J connectivity index is 1.94. The lowest BCUT2D eigenvalue weighted by Gasteiger charge is -2.37. The lowest BCUT2D eigenvalue weighted by atomic mass is 10.1. The minimum absolute atomic E-state index is 0.405. The first-order valence-corrected chi connectivity index (χ1v) is 7.47. The zero-order valence-corrected chi connectivity index (χ0v) is 12.9. The van der Waals surface area contributed by atoms with Gasteiger partial charge in [0.05, 0.1) is 6.10 Å². The first-order valence-electron chi connectivity index (χ1n) is 7.47. The predicted octanol–water partition coefficient (Wildman–Crippen LogP) is 1.42. The fraction of sp³-hybridized carbons (Fsp3) is 0.625. The van der Waals surface area contributed by atoms with Crippen molar-refractivity contribution in [2.45, 2.75) is 13.0 Å². The molecule has 1 heterocycles. The van der Waals surface area contributed by atoms with Crippen LogP contribution in [-0.2, 0) is 0 Å². The summed E-state index contributed by atoms with van der Waals surface area (Å²) >= 11 is 0.